The van der Waals surface area contributed by atoms with Gasteiger partial charge in [0.2, 0.25) is 5.82 Å². The minimum atomic E-state index is -0.981. The molecule has 0 atom stereocenters. The van der Waals surface area contributed by atoms with Crippen LogP contribution < -0.4 is 4.74 Å². The average molecular weight is 396 g/mol. The number of ether oxygens (including phenoxy) is 1. The molecule has 0 fully saturated rings. The third kappa shape index (κ3) is 4.89. The van der Waals surface area contributed by atoms with E-state index in [0.29, 0.717) is 24.0 Å². The molecule has 4 heteroatoms. The quantitative estimate of drug-likeness (QED) is 0.418. The molecule has 29 heavy (non-hydrogen) atoms. The fraction of sp³-hybridized carbons (Fsp3) is 0.200. The molecule has 0 amide bonds. The van der Waals surface area contributed by atoms with Crippen LogP contribution >= 0.6 is 0 Å². The molecule has 0 unspecified atom stereocenters. The molecule has 3 aromatic carbocycles. The fourth-order valence-electron chi connectivity index (χ4n) is 3.21. The molecule has 1 nitrogen and oxygen atoms in total. The first-order chi connectivity index (χ1) is 14.0. The minimum Gasteiger partial charge on any atom is -0.491 e. The normalized spacial score (nSPS) is 11.2. The van der Waals surface area contributed by atoms with Crippen LogP contribution in [0.3, 0.4) is 0 Å². The predicted molar refractivity (Wildman–Crippen MR) is 111 cm³/mol. The summed E-state index contributed by atoms with van der Waals surface area (Å²) in [6.07, 6.45) is 4.94. The lowest BCUT2D eigenvalue weighted by atomic mass is 9.99. The second-order valence-corrected chi connectivity index (χ2v) is 6.72. The van der Waals surface area contributed by atoms with Crippen molar-refractivity contribution in [1.29, 1.82) is 0 Å². The highest BCUT2D eigenvalue weighted by molar-refractivity contribution is 5.65. The highest BCUT2D eigenvalue weighted by Gasteiger charge is 2.15. The van der Waals surface area contributed by atoms with E-state index >= 15 is 0 Å². The molecular formula is C25H23F3O. The largest absolute Gasteiger partial charge is 0.491 e. The number of allylic oxidation sites excluding steroid dienone is 1. The van der Waals surface area contributed by atoms with Crippen LogP contribution in [0.2, 0.25) is 0 Å². The Kier molecular flexibility index (Phi) is 6.76. The lowest BCUT2D eigenvalue weighted by Gasteiger charge is -2.10. The number of aryl methyl sites for hydroxylation is 2. The minimum absolute atomic E-state index is 0.0900. The van der Waals surface area contributed by atoms with Gasteiger partial charge in [0.25, 0.3) is 0 Å². The van der Waals surface area contributed by atoms with Crippen molar-refractivity contribution < 1.29 is 17.9 Å². The van der Waals surface area contributed by atoms with Gasteiger partial charge in [-0.1, -0.05) is 48.6 Å². The van der Waals surface area contributed by atoms with Gasteiger partial charge in [-0.2, -0.15) is 4.39 Å². The Hall–Kier alpha value is -3.01. The van der Waals surface area contributed by atoms with Crippen LogP contribution in [0.25, 0.3) is 17.2 Å². The summed E-state index contributed by atoms with van der Waals surface area (Å²) < 4.78 is 47.8. The van der Waals surface area contributed by atoms with Gasteiger partial charge in [-0.15, -0.1) is 0 Å². The summed E-state index contributed by atoms with van der Waals surface area (Å²) in [5.74, 6) is -2.21. The molecular weight excluding hydrogens is 373 g/mol. The summed E-state index contributed by atoms with van der Waals surface area (Å²) in [6.45, 7) is 3.87. The van der Waals surface area contributed by atoms with E-state index in [9.17, 15) is 13.2 Å². The van der Waals surface area contributed by atoms with Gasteiger partial charge in [-0.05, 0) is 67.1 Å². The van der Waals surface area contributed by atoms with Gasteiger partial charge >= 0.3 is 0 Å². The first-order valence-electron chi connectivity index (χ1n) is 9.64. The fourth-order valence-corrected chi connectivity index (χ4v) is 3.21. The van der Waals surface area contributed by atoms with Crippen molar-refractivity contribution >= 4 is 6.08 Å². The molecule has 0 aromatic heterocycles. The Bertz CT molecular complexity index is 1010. The van der Waals surface area contributed by atoms with E-state index in [1.165, 1.54) is 18.2 Å². The predicted octanol–water partition coefficient (Wildman–Crippen LogP) is 6.99. The Morgan fingerprint density at radius 3 is 2.28 bits per heavy atom. The van der Waals surface area contributed by atoms with Gasteiger partial charge in [0.1, 0.15) is 5.82 Å². The van der Waals surface area contributed by atoms with Crippen LogP contribution in [0.15, 0.2) is 60.7 Å². The number of hydrogen-bond acceptors (Lipinski definition) is 1. The van der Waals surface area contributed by atoms with E-state index < -0.39 is 11.6 Å². The van der Waals surface area contributed by atoms with Crippen LogP contribution in [-0.2, 0) is 12.8 Å². The summed E-state index contributed by atoms with van der Waals surface area (Å²) in [7, 11) is 0. The van der Waals surface area contributed by atoms with E-state index in [-0.39, 0.29) is 23.7 Å². The van der Waals surface area contributed by atoms with Gasteiger partial charge in [0.05, 0.1) is 6.61 Å². The second-order valence-electron chi connectivity index (χ2n) is 6.72. The van der Waals surface area contributed by atoms with Gasteiger partial charge in [-0.3, -0.25) is 0 Å². The highest BCUT2D eigenvalue weighted by Crippen LogP contribution is 2.30. The maximum atomic E-state index is 14.4. The molecule has 0 saturated carbocycles. The second kappa shape index (κ2) is 9.46. The van der Waals surface area contributed by atoms with E-state index in [4.69, 9.17) is 4.74 Å². The van der Waals surface area contributed by atoms with Crippen LogP contribution in [0.4, 0.5) is 13.2 Å². The molecule has 0 bridgehead atoms. The van der Waals surface area contributed by atoms with Crippen molar-refractivity contribution in [3.63, 3.8) is 0 Å². The number of benzene rings is 3. The SMILES string of the molecule is CC=Cc1ccc(CCc2ccc(-c3ccc(OCC)c(F)c3F)cc2)c(F)c1. The summed E-state index contributed by atoms with van der Waals surface area (Å²) in [4.78, 5) is 0. The zero-order valence-corrected chi connectivity index (χ0v) is 16.5. The topological polar surface area (TPSA) is 9.23 Å². The molecule has 0 heterocycles. The zero-order valence-electron chi connectivity index (χ0n) is 16.5. The Labute approximate surface area is 169 Å². The maximum Gasteiger partial charge on any atom is 0.201 e. The van der Waals surface area contributed by atoms with Crippen LogP contribution in [0.5, 0.6) is 5.75 Å². The molecule has 0 N–H and O–H groups in total. The summed E-state index contributed by atoms with van der Waals surface area (Å²) >= 11 is 0. The Morgan fingerprint density at radius 1 is 0.862 bits per heavy atom. The zero-order chi connectivity index (χ0) is 20.8. The average Bonchev–Trinajstić information content (AvgIpc) is 2.72. The van der Waals surface area contributed by atoms with Gasteiger partial charge in [0.15, 0.2) is 11.6 Å². The number of halogens is 3. The first-order valence-corrected chi connectivity index (χ1v) is 9.64. The molecule has 0 spiro atoms. The van der Waals surface area contributed by atoms with Crippen molar-refractivity contribution in [1.82, 2.24) is 0 Å². The smallest absolute Gasteiger partial charge is 0.201 e. The van der Waals surface area contributed by atoms with Gasteiger partial charge in [-0.25, -0.2) is 8.78 Å². The third-order valence-electron chi connectivity index (χ3n) is 4.73. The summed E-state index contributed by atoms with van der Waals surface area (Å²) in [6, 6.07) is 15.4. The van der Waals surface area contributed by atoms with E-state index in [0.717, 1.165) is 11.1 Å². The van der Waals surface area contributed by atoms with E-state index in [2.05, 4.69) is 0 Å². The molecule has 3 aromatic rings. The van der Waals surface area contributed by atoms with Crippen LogP contribution in [0, 0.1) is 17.5 Å². The highest BCUT2D eigenvalue weighted by atomic mass is 19.2. The lowest BCUT2D eigenvalue weighted by molar-refractivity contribution is 0.314. The molecule has 0 aliphatic carbocycles. The van der Waals surface area contributed by atoms with Crippen LogP contribution in [-0.4, -0.2) is 6.61 Å². The van der Waals surface area contributed by atoms with Crippen molar-refractivity contribution in [2.45, 2.75) is 26.7 Å². The number of rotatable bonds is 7. The number of hydrogen-bond donors (Lipinski definition) is 0. The molecule has 0 aliphatic heterocycles. The molecule has 0 saturated heterocycles. The standard InChI is InChI=1S/C25H23F3O/c1-3-5-18-9-13-20(22(26)16-18)12-8-17-6-10-19(11-7-17)21-14-15-23(29-4-2)25(28)24(21)27/h3,5-7,9-11,13-16H,4,8,12H2,1-2H3. The summed E-state index contributed by atoms with van der Waals surface area (Å²) in [5, 5.41) is 0. The lowest BCUT2D eigenvalue weighted by Crippen LogP contribution is -1.99. The van der Waals surface area contributed by atoms with Crippen molar-refractivity contribution in [2.75, 3.05) is 6.61 Å². The maximum absolute atomic E-state index is 14.4. The molecule has 0 aliphatic rings. The monoisotopic (exact) mass is 396 g/mol. The van der Waals surface area contributed by atoms with E-state index in [1.54, 1.807) is 25.1 Å². The molecule has 3 rings (SSSR count). The first kappa shape index (κ1) is 20.7. The van der Waals surface area contributed by atoms with Crippen LogP contribution in [0.1, 0.15) is 30.5 Å². The van der Waals surface area contributed by atoms with Gasteiger partial charge < -0.3 is 4.74 Å². The Balaban J connectivity index is 1.72. The van der Waals surface area contributed by atoms with E-state index in [1.807, 2.05) is 37.3 Å². The van der Waals surface area contributed by atoms with Crippen molar-refractivity contribution in [3.05, 3.63) is 94.8 Å². The Morgan fingerprint density at radius 2 is 1.62 bits per heavy atom. The van der Waals surface area contributed by atoms with Gasteiger partial charge in [0, 0.05) is 5.56 Å². The molecule has 150 valence electrons. The third-order valence-corrected chi connectivity index (χ3v) is 4.73. The summed E-state index contributed by atoms with van der Waals surface area (Å²) in [5.41, 5.74) is 3.25. The van der Waals surface area contributed by atoms with Crippen molar-refractivity contribution in [3.8, 4) is 16.9 Å². The van der Waals surface area contributed by atoms with Crippen molar-refractivity contribution in [2.24, 2.45) is 0 Å². The molecule has 0 radical (unpaired) electrons.